The Labute approximate surface area is 80.4 Å². The van der Waals surface area contributed by atoms with Crippen molar-refractivity contribution in [2.24, 2.45) is 5.92 Å². The summed E-state index contributed by atoms with van der Waals surface area (Å²) in [6.45, 7) is 1.73. The Morgan fingerprint density at radius 2 is 2.69 bits per heavy atom. The maximum Gasteiger partial charge on any atom is 0.230 e. The second-order valence-corrected chi connectivity index (χ2v) is 3.91. The first kappa shape index (κ1) is 8.65. The SMILES string of the molecule is O=C(Nc1nccs1)C1CCNC1. The van der Waals surface area contributed by atoms with Crippen LogP contribution in [0.15, 0.2) is 11.6 Å². The van der Waals surface area contributed by atoms with Gasteiger partial charge in [0.1, 0.15) is 0 Å². The van der Waals surface area contributed by atoms with Gasteiger partial charge < -0.3 is 10.6 Å². The Morgan fingerprint density at radius 3 is 3.31 bits per heavy atom. The smallest absolute Gasteiger partial charge is 0.230 e. The van der Waals surface area contributed by atoms with E-state index in [9.17, 15) is 4.79 Å². The van der Waals surface area contributed by atoms with Crippen LogP contribution < -0.4 is 10.6 Å². The highest BCUT2D eigenvalue weighted by Crippen LogP contribution is 2.14. The topological polar surface area (TPSA) is 54.0 Å². The molecule has 2 N–H and O–H groups in total. The van der Waals surface area contributed by atoms with Crippen molar-refractivity contribution in [3.63, 3.8) is 0 Å². The van der Waals surface area contributed by atoms with E-state index in [-0.39, 0.29) is 11.8 Å². The highest BCUT2D eigenvalue weighted by atomic mass is 32.1. The van der Waals surface area contributed by atoms with Crippen LogP contribution in [0.2, 0.25) is 0 Å². The van der Waals surface area contributed by atoms with Gasteiger partial charge in [0.2, 0.25) is 5.91 Å². The average molecular weight is 197 g/mol. The zero-order chi connectivity index (χ0) is 9.10. The lowest BCUT2D eigenvalue weighted by molar-refractivity contribution is -0.119. The fourth-order valence-electron chi connectivity index (χ4n) is 1.37. The molecule has 2 heterocycles. The zero-order valence-electron chi connectivity index (χ0n) is 7.12. The third-order valence-corrected chi connectivity index (χ3v) is 2.78. The second-order valence-electron chi connectivity index (χ2n) is 3.02. The Bertz CT molecular complexity index is 280. The number of hydrogen-bond acceptors (Lipinski definition) is 4. The Kier molecular flexibility index (Phi) is 2.56. The zero-order valence-corrected chi connectivity index (χ0v) is 7.93. The number of rotatable bonds is 2. The quantitative estimate of drug-likeness (QED) is 0.733. The molecule has 1 unspecified atom stereocenters. The fraction of sp³-hybridized carbons (Fsp3) is 0.500. The van der Waals surface area contributed by atoms with Gasteiger partial charge in [-0.25, -0.2) is 4.98 Å². The van der Waals surface area contributed by atoms with E-state index in [1.54, 1.807) is 6.20 Å². The summed E-state index contributed by atoms with van der Waals surface area (Å²) in [7, 11) is 0. The third kappa shape index (κ3) is 2.05. The minimum atomic E-state index is 0.0833. The van der Waals surface area contributed by atoms with Crippen molar-refractivity contribution >= 4 is 22.4 Å². The molecule has 0 bridgehead atoms. The molecule has 0 spiro atoms. The summed E-state index contributed by atoms with van der Waals surface area (Å²) in [5.41, 5.74) is 0. The van der Waals surface area contributed by atoms with Crippen LogP contribution in [0.1, 0.15) is 6.42 Å². The first-order valence-electron chi connectivity index (χ1n) is 4.27. The molecule has 0 radical (unpaired) electrons. The van der Waals surface area contributed by atoms with Crippen molar-refractivity contribution in [2.75, 3.05) is 18.4 Å². The molecule has 0 aromatic carbocycles. The summed E-state index contributed by atoms with van der Waals surface area (Å²) >= 11 is 1.45. The number of hydrogen-bond donors (Lipinski definition) is 2. The van der Waals surface area contributed by atoms with Crippen LogP contribution in [0.3, 0.4) is 0 Å². The Balaban J connectivity index is 1.91. The van der Waals surface area contributed by atoms with Crippen molar-refractivity contribution in [1.82, 2.24) is 10.3 Å². The molecule has 5 heteroatoms. The second kappa shape index (κ2) is 3.85. The van der Waals surface area contributed by atoms with Gasteiger partial charge >= 0.3 is 0 Å². The highest BCUT2D eigenvalue weighted by Gasteiger charge is 2.22. The first-order chi connectivity index (χ1) is 6.36. The summed E-state index contributed by atoms with van der Waals surface area (Å²) < 4.78 is 0. The molecule has 0 saturated carbocycles. The number of aromatic nitrogens is 1. The summed E-state index contributed by atoms with van der Waals surface area (Å²) in [5, 5.41) is 8.49. The lowest BCUT2D eigenvalue weighted by Gasteiger charge is -2.06. The molecular weight excluding hydrogens is 186 g/mol. The highest BCUT2D eigenvalue weighted by molar-refractivity contribution is 7.13. The van der Waals surface area contributed by atoms with Gasteiger partial charge in [0.25, 0.3) is 0 Å². The number of nitrogens with one attached hydrogen (secondary N) is 2. The fourth-order valence-corrected chi connectivity index (χ4v) is 1.90. The van der Waals surface area contributed by atoms with Crippen molar-refractivity contribution in [3.05, 3.63) is 11.6 Å². The van der Waals surface area contributed by atoms with Crippen molar-refractivity contribution in [1.29, 1.82) is 0 Å². The van der Waals surface area contributed by atoms with Gasteiger partial charge in [-0.3, -0.25) is 4.79 Å². The van der Waals surface area contributed by atoms with Gasteiger partial charge in [0.05, 0.1) is 5.92 Å². The molecule has 2 rings (SSSR count). The Morgan fingerprint density at radius 1 is 1.77 bits per heavy atom. The molecule has 1 amide bonds. The van der Waals surface area contributed by atoms with Crippen LogP contribution in [-0.4, -0.2) is 24.0 Å². The molecular formula is C8H11N3OS. The van der Waals surface area contributed by atoms with Gasteiger partial charge in [-0.1, -0.05) is 0 Å². The van der Waals surface area contributed by atoms with E-state index >= 15 is 0 Å². The first-order valence-corrected chi connectivity index (χ1v) is 5.15. The van der Waals surface area contributed by atoms with Crippen LogP contribution >= 0.6 is 11.3 Å². The molecule has 1 aromatic heterocycles. The molecule has 1 aliphatic rings. The molecule has 1 saturated heterocycles. The predicted molar refractivity (Wildman–Crippen MR) is 51.7 cm³/mol. The van der Waals surface area contributed by atoms with E-state index in [0.717, 1.165) is 19.5 Å². The van der Waals surface area contributed by atoms with Gasteiger partial charge in [-0.2, -0.15) is 0 Å². The molecule has 0 aliphatic carbocycles. The van der Waals surface area contributed by atoms with Crippen LogP contribution in [0.5, 0.6) is 0 Å². The van der Waals surface area contributed by atoms with Crippen molar-refractivity contribution < 1.29 is 4.79 Å². The normalized spacial score (nSPS) is 21.7. The molecule has 1 aliphatic heterocycles. The number of anilines is 1. The van der Waals surface area contributed by atoms with Gasteiger partial charge in [-0.15, -0.1) is 11.3 Å². The maximum absolute atomic E-state index is 11.5. The van der Waals surface area contributed by atoms with E-state index in [1.165, 1.54) is 11.3 Å². The van der Waals surface area contributed by atoms with Gasteiger partial charge in [0, 0.05) is 18.1 Å². The predicted octanol–water partition coefficient (Wildman–Crippen LogP) is 0.691. The van der Waals surface area contributed by atoms with Crippen LogP contribution in [0.25, 0.3) is 0 Å². The van der Waals surface area contributed by atoms with Crippen molar-refractivity contribution in [3.8, 4) is 0 Å². The third-order valence-electron chi connectivity index (χ3n) is 2.09. The Hall–Kier alpha value is -0.940. The maximum atomic E-state index is 11.5. The van der Waals surface area contributed by atoms with E-state index in [1.807, 2.05) is 5.38 Å². The number of nitrogens with zero attached hydrogens (tertiary/aromatic N) is 1. The van der Waals surface area contributed by atoms with E-state index < -0.39 is 0 Å². The summed E-state index contributed by atoms with van der Waals surface area (Å²) in [5.74, 6) is 0.198. The molecule has 1 fully saturated rings. The monoisotopic (exact) mass is 197 g/mol. The summed E-state index contributed by atoms with van der Waals surface area (Å²) in [6, 6.07) is 0. The summed E-state index contributed by atoms with van der Waals surface area (Å²) in [4.78, 5) is 15.5. The van der Waals surface area contributed by atoms with Crippen LogP contribution in [0.4, 0.5) is 5.13 Å². The summed E-state index contributed by atoms with van der Waals surface area (Å²) in [6.07, 6.45) is 2.62. The number of carbonyl (C=O) groups excluding carboxylic acids is 1. The van der Waals surface area contributed by atoms with Crippen LogP contribution in [-0.2, 0) is 4.79 Å². The lowest BCUT2D eigenvalue weighted by atomic mass is 10.1. The average Bonchev–Trinajstić information content (AvgIpc) is 2.74. The van der Waals surface area contributed by atoms with Gasteiger partial charge in [-0.05, 0) is 13.0 Å². The standard InChI is InChI=1S/C8H11N3OS/c12-7(6-1-2-9-5-6)11-8-10-3-4-13-8/h3-4,6,9H,1-2,5H2,(H,10,11,12). The van der Waals surface area contributed by atoms with Gasteiger partial charge in [0.15, 0.2) is 5.13 Å². The molecule has 1 atom stereocenters. The van der Waals surface area contributed by atoms with E-state index in [0.29, 0.717) is 5.13 Å². The molecule has 70 valence electrons. The lowest BCUT2D eigenvalue weighted by Crippen LogP contribution is -2.24. The molecule has 1 aromatic rings. The molecule has 4 nitrogen and oxygen atoms in total. The van der Waals surface area contributed by atoms with E-state index in [4.69, 9.17) is 0 Å². The minimum Gasteiger partial charge on any atom is -0.316 e. The minimum absolute atomic E-state index is 0.0833. The number of carbonyl (C=O) groups is 1. The van der Waals surface area contributed by atoms with Crippen LogP contribution in [0, 0.1) is 5.92 Å². The largest absolute Gasteiger partial charge is 0.316 e. The number of thiazole rings is 1. The van der Waals surface area contributed by atoms with E-state index in [2.05, 4.69) is 15.6 Å². The van der Waals surface area contributed by atoms with Crippen molar-refractivity contribution in [2.45, 2.75) is 6.42 Å². The molecule has 13 heavy (non-hydrogen) atoms. The number of amides is 1.